The molecule has 0 spiro atoms. The zero-order valence-corrected chi connectivity index (χ0v) is 19.5. The third-order valence-corrected chi connectivity index (χ3v) is 6.75. The van der Waals surface area contributed by atoms with Crippen LogP contribution < -0.4 is 5.56 Å². The Kier molecular flexibility index (Phi) is 5.66. The molecule has 2 aromatic heterocycles. The number of hydrogen-bond acceptors (Lipinski definition) is 7. The van der Waals surface area contributed by atoms with Crippen LogP contribution in [0.3, 0.4) is 0 Å². The fraction of sp³-hybridized carbons (Fsp3) is 0.240. The average molecular weight is 475 g/mol. The molecule has 4 aromatic rings. The van der Waals surface area contributed by atoms with Gasteiger partial charge in [0.15, 0.2) is 10.8 Å². The molecule has 2 aromatic carbocycles. The zero-order valence-electron chi connectivity index (χ0n) is 18.7. The molecule has 34 heavy (non-hydrogen) atoms. The smallest absolute Gasteiger partial charge is 0.269 e. The molecule has 0 bridgehead atoms. The van der Waals surface area contributed by atoms with E-state index in [1.54, 1.807) is 16.7 Å². The van der Waals surface area contributed by atoms with Gasteiger partial charge in [-0.05, 0) is 37.6 Å². The molecule has 0 amide bonds. The normalized spacial score (nSPS) is 14.6. The van der Waals surface area contributed by atoms with Gasteiger partial charge in [-0.1, -0.05) is 42.1 Å². The van der Waals surface area contributed by atoms with Gasteiger partial charge in [0.2, 0.25) is 0 Å². The van der Waals surface area contributed by atoms with Crippen LogP contribution >= 0.6 is 11.8 Å². The lowest BCUT2D eigenvalue weighted by Crippen LogP contribution is -2.33. The predicted molar refractivity (Wildman–Crippen MR) is 130 cm³/mol. The van der Waals surface area contributed by atoms with Crippen molar-refractivity contribution in [2.75, 3.05) is 0 Å². The predicted octanol–water partition coefficient (Wildman–Crippen LogP) is 4.83. The summed E-state index contributed by atoms with van der Waals surface area (Å²) in [4.78, 5) is 33.7. The summed E-state index contributed by atoms with van der Waals surface area (Å²) in [5.74, 6) is 0.495. The maximum absolute atomic E-state index is 13.6. The number of para-hydroxylation sites is 1. The number of pyridine rings is 1. The van der Waals surface area contributed by atoms with Crippen LogP contribution in [0.1, 0.15) is 30.7 Å². The topological polar surface area (TPSA) is 100 Å². The van der Waals surface area contributed by atoms with Gasteiger partial charge in [0.1, 0.15) is 0 Å². The molecule has 1 aliphatic rings. The molecule has 0 saturated carbocycles. The van der Waals surface area contributed by atoms with E-state index in [0.717, 1.165) is 16.8 Å². The molecule has 3 heterocycles. The summed E-state index contributed by atoms with van der Waals surface area (Å²) < 4.78 is 7.51. The van der Waals surface area contributed by atoms with Gasteiger partial charge >= 0.3 is 0 Å². The van der Waals surface area contributed by atoms with E-state index in [1.807, 2.05) is 50.2 Å². The van der Waals surface area contributed by atoms with Crippen molar-refractivity contribution in [3.05, 3.63) is 98.0 Å². The van der Waals surface area contributed by atoms with Crippen LogP contribution in [0.4, 0.5) is 5.69 Å². The summed E-state index contributed by atoms with van der Waals surface area (Å²) in [7, 11) is 0. The first kappa shape index (κ1) is 22.2. The Balaban J connectivity index is 1.59. The van der Waals surface area contributed by atoms with Crippen molar-refractivity contribution in [3.8, 4) is 5.69 Å². The van der Waals surface area contributed by atoms with Gasteiger partial charge in [0, 0.05) is 29.9 Å². The van der Waals surface area contributed by atoms with E-state index >= 15 is 0 Å². The van der Waals surface area contributed by atoms with E-state index in [4.69, 9.17) is 14.7 Å². The van der Waals surface area contributed by atoms with Crippen molar-refractivity contribution in [3.63, 3.8) is 0 Å². The second-order valence-corrected chi connectivity index (χ2v) is 9.72. The minimum atomic E-state index is -0.423. The molecule has 0 N–H and O–H groups in total. The zero-order chi connectivity index (χ0) is 23.9. The summed E-state index contributed by atoms with van der Waals surface area (Å²) >= 11 is 1.39. The Hall–Kier alpha value is -3.56. The Bertz CT molecular complexity index is 1450. The molecule has 5 rings (SSSR count). The fourth-order valence-corrected chi connectivity index (χ4v) is 4.90. The van der Waals surface area contributed by atoms with Crippen molar-refractivity contribution in [1.29, 1.82) is 0 Å². The molecule has 0 atom stereocenters. The van der Waals surface area contributed by atoms with E-state index in [0.29, 0.717) is 40.7 Å². The number of nitro benzene ring substituents is 1. The molecule has 172 valence electrons. The summed E-state index contributed by atoms with van der Waals surface area (Å²) in [6.07, 6.45) is 0.646. The number of nitro groups is 1. The van der Waals surface area contributed by atoms with Gasteiger partial charge in [-0.3, -0.25) is 19.5 Å². The van der Waals surface area contributed by atoms with Gasteiger partial charge in [-0.25, -0.2) is 9.97 Å². The van der Waals surface area contributed by atoms with Crippen LogP contribution in [-0.4, -0.2) is 25.1 Å². The van der Waals surface area contributed by atoms with Gasteiger partial charge < -0.3 is 4.74 Å². The second-order valence-electron chi connectivity index (χ2n) is 8.77. The number of rotatable bonds is 5. The second kappa shape index (κ2) is 8.66. The Morgan fingerprint density at radius 2 is 1.85 bits per heavy atom. The number of fused-ring (bicyclic) bond motifs is 2. The quantitative estimate of drug-likeness (QED) is 0.177. The number of ether oxygens (including phenoxy) is 1. The lowest BCUT2D eigenvalue weighted by atomic mass is 9.95. The maximum atomic E-state index is 13.6. The first-order chi connectivity index (χ1) is 16.3. The maximum Gasteiger partial charge on any atom is 0.269 e. The van der Waals surface area contributed by atoms with Crippen LogP contribution in [0, 0.1) is 10.1 Å². The Morgan fingerprint density at radius 1 is 1.12 bits per heavy atom. The van der Waals surface area contributed by atoms with Crippen molar-refractivity contribution in [1.82, 2.24) is 14.5 Å². The average Bonchev–Trinajstić information content (AvgIpc) is 2.82. The van der Waals surface area contributed by atoms with E-state index in [-0.39, 0.29) is 16.8 Å². The lowest BCUT2D eigenvalue weighted by Gasteiger charge is -2.31. The highest BCUT2D eigenvalue weighted by Gasteiger charge is 2.28. The van der Waals surface area contributed by atoms with E-state index in [1.165, 1.54) is 23.9 Å². The van der Waals surface area contributed by atoms with Crippen LogP contribution in [0.25, 0.3) is 16.7 Å². The molecule has 0 saturated heterocycles. The fourth-order valence-electron chi connectivity index (χ4n) is 3.94. The summed E-state index contributed by atoms with van der Waals surface area (Å²) in [5.41, 5.74) is 3.36. The van der Waals surface area contributed by atoms with Gasteiger partial charge in [-0.15, -0.1) is 0 Å². The van der Waals surface area contributed by atoms with Crippen molar-refractivity contribution in [2.24, 2.45) is 0 Å². The number of non-ortho nitro benzene ring substituents is 1. The van der Waals surface area contributed by atoms with Crippen molar-refractivity contribution < 1.29 is 9.66 Å². The number of thioether (sulfide) groups is 1. The highest BCUT2D eigenvalue weighted by molar-refractivity contribution is 7.98. The SMILES string of the molecule is CC1(C)Cc2nc3nc(SCc4ccc([N+](=O)[O-])cc4)n(-c4ccccc4)c(=O)c3cc2CO1. The molecule has 1 aliphatic heterocycles. The number of benzene rings is 2. The van der Waals surface area contributed by atoms with Crippen LogP contribution in [-0.2, 0) is 23.5 Å². The first-order valence-electron chi connectivity index (χ1n) is 10.8. The van der Waals surface area contributed by atoms with E-state index < -0.39 is 4.92 Å². The first-order valence-corrected chi connectivity index (χ1v) is 11.8. The van der Waals surface area contributed by atoms with E-state index in [2.05, 4.69) is 0 Å². The van der Waals surface area contributed by atoms with Crippen LogP contribution in [0.5, 0.6) is 0 Å². The highest BCUT2D eigenvalue weighted by atomic mass is 32.2. The minimum absolute atomic E-state index is 0.0413. The highest BCUT2D eigenvalue weighted by Crippen LogP contribution is 2.30. The van der Waals surface area contributed by atoms with E-state index in [9.17, 15) is 14.9 Å². The molecular formula is C25H22N4O4S. The molecule has 0 fully saturated rings. The van der Waals surface area contributed by atoms with Gasteiger partial charge in [-0.2, -0.15) is 0 Å². The van der Waals surface area contributed by atoms with Crippen LogP contribution in [0.15, 0.2) is 70.6 Å². The number of hydrogen-bond donors (Lipinski definition) is 0. The number of aromatic nitrogens is 3. The molecule has 0 unspecified atom stereocenters. The molecule has 0 radical (unpaired) electrons. The summed E-state index contributed by atoms with van der Waals surface area (Å²) in [6, 6.07) is 17.6. The van der Waals surface area contributed by atoms with Crippen LogP contribution in [0.2, 0.25) is 0 Å². The van der Waals surface area contributed by atoms with Crippen molar-refractivity contribution >= 4 is 28.5 Å². The van der Waals surface area contributed by atoms with Gasteiger partial charge in [0.25, 0.3) is 11.2 Å². The third-order valence-electron chi connectivity index (χ3n) is 5.74. The number of nitrogens with zero attached hydrogens (tertiary/aromatic N) is 4. The standard InChI is InChI=1S/C25H22N4O4S/c1-25(2)13-21-17(14-33-25)12-20-22(26-21)27-24(28(23(20)30)18-6-4-3-5-7-18)34-15-16-8-10-19(11-9-16)29(31)32/h3-12H,13-15H2,1-2H3. The Labute approximate surface area is 199 Å². The molecule has 0 aliphatic carbocycles. The monoisotopic (exact) mass is 474 g/mol. The lowest BCUT2D eigenvalue weighted by molar-refractivity contribution is -0.384. The Morgan fingerprint density at radius 3 is 2.56 bits per heavy atom. The molecule has 8 nitrogen and oxygen atoms in total. The summed E-state index contributed by atoms with van der Waals surface area (Å²) in [5, 5.41) is 11.9. The summed E-state index contributed by atoms with van der Waals surface area (Å²) in [6.45, 7) is 4.45. The molecular weight excluding hydrogens is 452 g/mol. The largest absolute Gasteiger partial charge is 0.370 e. The minimum Gasteiger partial charge on any atom is -0.370 e. The molecule has 9 heteroatoms. The van der Waals surface area contributed by atoms with Gasteiger partial charge in [0.05, 0.1) is 33.9 Å². The van der Waals surface area contributed by atoms with Crippen molar-refractivity contribution in [2.45, 2.75) is 43.4 Å². The third kappa shape index (κ3) is 4.32.